The lowest BCUT2D eigenvalue weighted by atomic mass is 10.1. The highest BCUT2D eigenvalue weighted by Gasteiger charge is 2.18. The van der Waals surface area contributed by atoms with Crippen LogP contribution in [0, 0.1) is 0 Å². The minimum Gasteiger partial charge on any atom is -0.335 e. The number of hydrogen-bond donors (Lipinski definition) is 0. The topological polar surface area (TPSA) is 33.2 Å². The fourth-order valence-electron chi connectivity index (χ4n) is 2.00. The summed E-state index contributed by atoms with van der Waals surface area (Å²) in [4.78, 5) is 17.9. The minimum absolute atomic E-state index is 0.109. The van der Waals surface area contributed by atoms with Crippen molar-refractivity contribution in [2.45, 2.75) is 13.0 Å². The first-order valence-electron chi connectivity index (χ1n) is 6.79. The predicted octanol–water partition coefficient (Wildman–Crippen LogP) is 4.62. The molecule has 1 aromatic carbocycles. The van der Waals surface area contributed by atoms with Crippen LogP contribution < -0.4 is 0 Å². The zero-order chi connectivity index (χ0) is 16.1. The molecule has 0 aliphatic rings. The van der Waals surface area contributed by atoms with E-state index in [1.54, 1.807) is 42.6 Å². The zero-order valence-electron chi connectivity index (χ0n) is 12.3. The number of pyridine rings is 1. The molecule has 0 radical (unpaired) electrons. The van der Waals surface area contributed by atoms with E-state index in [0.717, 1.165) is 11.1 Å². The average Bonchev–Trinajstić information content (AvgIpc) is 2.52. The Hall–Kier alpha value is -1.84. The average molecular weight is 335 g/mol. The van der Waals surface area contributed by atoms with Crippen molar-refractivity contribution in [1.29, 1.82) is 0 Å². The molecule has 5 heteroatoms. The quantitative estimate of drug-likeness (QED) is 0.764. The highest BCUT2D eigenvalue weighted by molar-refractivity contribution is 6.35. The monoisotopic (exact) mass is 334 g/mol. The van der Waals surface area contributed by atoms with Gasteiger partial charge in [-0.2, -0.15) is 0 Å². The number of aromatic nitrogens is 1. The molecule has 2 aromatic rings. The van der Waals surface area contributed by atoms with Crippen molar-refractivity contribution >= 4 is 35.2 Å². The van der Waals surface area contributed by atoms with Gasteiger partial charge in [-0.25, -0.2) is 0 Å². The summed E-state index contributed by atoms with van der Waals surface area (Å²) in [6, 6.07) is 8.84. The molecule has 0 saturated carbocycles. The lowest BCUT2D eigenvalue weighted by Gasteiger charge is -2.25. The number of likely N-dealkylation sites (N-methyl/N-ethyl adjacent to an activating group) is 1. The maximum absolute atomic E-state index is 12.3. The lowest BCUT2D eigenvalue weighted by molar-refractivity contribution is -0.126. The molecule has 0 aliphatic heterocycles. The van der Waals surface area contributed by atoms with Crippen LogP contribution in [0.2, 0.25) is 10.0 Å². The molecular weight excluding hydrogens is 319 g/mol. The van der Waals surface area contributed by atoms with Gasteiger partial charge in [-0.3, -0.25) is 9.78 Å². The Balaban J connectivity index is 2.11. The fraction of sp³-hybridized carbons (Fsp3) is 0.176. The van der Waals surface area contributed by atoms with E-state index in [4.69, 9.17) is 23.2 Å². The van der Waals surface area contributed by atoms with Gasteiger partial charge in [0, 0.05) is 35.6 Å². The molecule has 1 amide bonds. The molecule has 0 aliphatic carbocycles. The smallest absolute Gasteiger partial charge is 0.246 e. The fourth-order valence-corrected chi connectivity index (χ4v) is 2.57. The summed E-state index contributed by atoms with van der Waals surface area (Å²) in [6.45, 7) is 1.92. The van der Waals surface area contributed by atoms with Crippen LogP contribution in [0.15, 0.2) is 48.8 Å². The molecule has 1 aromatic heterocycles. The number of carbonyl (C=O) groups excluding carboxylic acids is 1. The first-order valence-corrected chi connectivity index (χ1v) is 7.54. The Morgan fingerprint density at radius 1 is 1.32 bits per heavy atom. The summed E-state index contributed by atoms with van der Waals surface area (Å²) in [5, 5.41) is 1.13. The van der Waals surface area contributed by atoms with Crippen molar-refractivity contribution in [2.75, 3.05) is 7.05 Å². The number of benzene rings is 1. The third kappa shape index (κ3) is 4.09. The number of carbonyl (C=O) groups is 1. The van der Waals surface area contributed by atoms with E-state index < -0.39 is 0 Å². The van der Waals surface area contributed by atoms with Crippen molar-refractivity contribution in [3.63, 3.8) is 0 Å². The summed E-state index contributed by atoms with van der Waals surface area (Å²) in [7, 11) is 1.74. The predicted molar refractivity (Wildman–Crippen MR) is 90.9 cm³/mol. The van der Waals surface area contributed by atoms with E-state index >= 15 is 0 Å². The first-order chi connectivity index (χ1) is 10.5. The van der Waals surface area contributed by atoms with Crippen molar-refractivity contribution in [2.24, 2.45) is 0 Å². The summed E-state index contributed by atoms with van der Waals surface area (Å²) in [6.07, 6.45) is 6.65. The van der Waals surface area contributed by atoms with Gasteiger partial charge in [-0.15, -0.1) is 0 Å². The van der Waals surface area contributed by atoms with Crippen LogP contribution in [0.3, 0.4) is 0 Å². The van der Waals surface area contributed by atoms with Crippen LogP contribution in [-0.4, -0.2) is 22.8 Å². The van der Waals surface area contributed by atoms with Crippen LogP contribution in [0.25, 0.3) is 6.08 Å². The summed E-state index contributed by atoms with van der Waals surface area (Å²) in [5.41, 5.74) is 1.73. The van der Waals surface area contributed by atoms with E-state index in [9.17, 15) is 4.79 Å². The molecule has 0 fully saturated rings. The summed E-state index contributed by atoms with van der Waals surface area (Å²) in [5.74, 6) is -0.109. The Morgan fingerprint density at radius 2 is 2.09 bits per heavy atom. The third-order valence-corrected chi connectivity index (χ3v) is 4.01. The van der Waals surface area contributed by atoms with Crippen molar-refractivity contribution in [3.8, 4) is 0 Å². The number of rotatable bonds is 4. The van der Waals surface area contributed by atoms with Crippen LogP contribution >= 0.6 is 23.2 Å². The third-order valence-electron chi connectivity index (χ3n) is 3.44. The van der Waals surface area contributed by atoms with Gasteiger partial charge in [0.2, 0.25) is 5.91 Å². The highest BCUT2D eigenvalue weighted by Crippen LogP contribution is 2.29. The summed E-state index contributed by atoms with van der Waals surface area (Å²) >= 11 is 12.1. The molecule has 1 atom stereocenters. The number of nitrogens with zero attached hydrogens (tertiary/aromatic N) is 2. The molecule has 3 nitrogen and oxygen atoms in total. The SMILES string of the molecule is CC(c1ccc(Cl)cc1Cl)N(C)C(=O)/C=C/c1cccnc1. The second-order valence-corrected chi connectivity index (χ2v) is 5.75. The maximum Gasteiger partial charge on any atom is 0.246 e. The van der Waals surface area contributed by atoms with E-state index in [1.807, 2.05) is 25.1 Å². The molecule has 0 N–H and O–H groups in total. The largest absolute Gasteiger partial charge is 0.335 e. The molecule has 1 heterocycles. The van der Waals surface area contributed by atoms with Crippen LogP contribution in [0.5, 0.6) is 0 Å². The van der Waals surface area contributed by atoms with Crippen molar-refractivity contribution in [1.82, 2.24) is 9.88 Å². The second kappa shape index (κ2) is 7.43. The van der Waals surface area contributed by atoms with E-state index in [-0.39, 0.29) is 11.9 Å². The van der Waals surface area contributed by atoms with E-state index in [2.05, 4.69) is 4.98 Å². The lowest BCUT2D eigenvalue weighted by Crippen LogP contribution is -2.28. The molecule has 1 unspecified atom stereocenters. The van der Waals surface area contributed by atoms with Gasteiger partial charge in [-0.1, -0.05) is 35.3 Å². The minimum atomic E-state index is -0.157. The number of halogens is 2. The Bertz CT molecular complexity index is 686. The van der Waals surface area contributed by atoms with Gasteiger partial charge in [0.05, 0.1) is 6.04 Å². The number of hydrogen-bond acceptors (Lipinski definition) is 2. The Labute approximate surface area is 140 Å². The van der Waals surface area contributed by atoms with Gasteiger partial charge in [0.1, 0.15) is 0 Å². The van der Waals surface area contributed by atoms with Gasteiger partial charge in [0.25, 0.3) is 0 Å². The van der Waals surface area contributed by atoms with Crippen LogP contribution in [-0.2, 0) is 4.79 Å². The normalized spacial score (nSPS) is 12.4. The summed E-state index contributed by atoms with van der Waals surface area (Å²) < 4.78 is 0. The van der Waals surface area contributed by atoms with Gasteiger partial charge in [0.15, 0.2) is 0 Å². The van der Waals surface area contributed by atoms with Crippen molar-refractivity contribution in [3.05, 3.63) is 70.0 Å². The van der Waals surface area contributed by atoms with Gasteiger partial charge >= 0.3 is 0 Å². The van der Waals surface area contributed by atoms with E-state index in [1.165, 1.54) is 6.08 Å². The van der Waals surface area contributed by atoms with Gasteiger partial charge < -0.3 is 4.90 Å². The zero-order valence-corrected chi connectivity index (χ0v) is 13.8. The maximum atomic E-state index is 12.3. The molecule has 0 spiro atoms. The molecule has 114 valence electrons. The molecule has 0 bridgehead atoms. The number of amides is 1. The molecule has 22 heavy (non-hydrogen) atoms. The van der Waals surface area contributed by atoms with Crippen LogP contribution in [0.1, 0.15) is 24.1 Å². The molecule has 2 rings (SSSR count). The standard InChI is InChI=1S/C17H16Cl2N2O/c1-12(15-7-6-14(18)10-16(15)19)21(2)17(22)8-5-13-4-3-9-20-11-13/h3-12H,1-2H3/b8-5+. The molecular formula is C17H16Cl2N2O. The Morgan fingerprint density at radius 3 is 2.73 bits per heavy atom. The Kier molecular flexibility index (Phi) is 5.58. The van der Waals surface area contributed by atoms with Crippen LogP contribution in [0.4, 0.5) is 0 Å². The highest BCUT2D eigenvalue weighted by atomic mass is 35.5. The first kappa shape index (κ1) is 16.5. The van der Waals surface area contributed by atoms with E-state index in [0.29, 0.717) is 10.0 Å². The van der Waals surface area contributed by atoms with Crippen molar-refractivity contribution < 1.29 is 4.79 Å². The molecule has 0 saturated heterocycles. The second-order valence-electron chi connectivity index (χ2n) is 4.91. The van der Waals surface area contributed by atoms with Gasteiger partial charge in [-0.05, 0) is 42.3 Å².